The number of rotatable bonds is 4. The number of aliphatic imine (C=N–C) groups is 2. The van der Waals surface area contributed by atoms with Crippen LogP contribution in [0, 0.1) is 5.92 Å². The van der Waals surface area contributed by atoms with Crippen LogP contribution in [-0.2, 0) is 4.79 Å². The molecule has 2 aromatic rings. The van der Waals surface area contributed by atoms with Crippen LogP contribution in [-0.4, -0.2) is 24.6 Å². The Morgan fingerprint density at radius 3 is 2.33 bits per heavy atom. The van der Waals surface area contributed by atoms with Gasteiger partial charge in [-0.1, -0.05) is 31.2 Å². The number of nitrogens with one attached hydrogen (secondary N) is 1. The van der Waals surface area contributed by atoms with Crippen LogP contribution in [0.5, 0.6) is 5.75 Å². The molecule has 5 nitrogen and oxygen atoms in total. The van der Waals surface area contributed by atoms with Crippen molar-refractivity contribution in [2.45, 2.75) is 32.1 Å². The number of amides is 1. The number of carbonyl (C=O) groups is 1. The highest BCUT2D eigenvalue weighted by atomic mass is 16.5. The molecule has 2 aliphatic rings. The van der Waals surface area contributed by atoms with Gasteiger partial charge in [-0.05, 0) is 49.1 Å². The van der Waals surface area contributed by atoms with E-state index in [1.54, 1.807) is 7.11 Å². The zero-order valence-electron chi connectivity index (χ0n) is 15.6. The lowest BCUT2D eigenvalue weighted by Gasteiger charge is -2.21. The molecular weight excluding hydrogens is 338 g/mol. The Hall–Kier alpha value is -2.95. The average Bonchev–Trinajstić information content (AvgIpc) is 3.54. The second-order valence-corrected chi connectivity index (χ2v) is 6.91. The summed E-state index contributed by atoms with van der Waals surface area (Å²) in [5.74, 6) is 1.44. The van der Waals surface area contributed by atoms with E-state index < -0.39 is 0 Å². The van der Waals surface area contributed by atoms with Gasteiger partial charge >= 0.3 is 0 Å². The van der Waals surface area contributed by atoms with Gasteiger partial charge in [-0.2, -0.15) is 0 Å². The highest BCUT2D eigenvalue weighted by molar-refractivity contribution is 6.18. The Balaban J connectivity index is 1.81. The number of carbonyl (C=O) groups excluding carboxylic acids is 1. The van der Waals surface area contributed by atoms with Gasteiger partial charge in [0, 0.05) is 11.6 Å². The summed E-state index contributed by atoms with van der Waals surface area (Å²) in [6, 6.07) is 15.7. The van der Waals surface area contributed by atoms with Gasteiger partial charge in [-0.25, -0.2) is 4.99 Å². The fourth-order valence-corrected chi connectivity index (χ4v) is 3.33. The number of fused-ring (bicyclic) bond motifs is 1. The number of hydrogen-bond donors (Lipinski definition) is 1. The van der Waals surface area contributed by atoms with Gasteiger partial charge in [0.25, 0.3) is 0 Å². The molecule has 27 heavy (non-hydrogen) atoms. The Morgan fingerprint density at radius 1 is 1.07 bits per heavy atom. The summed E-state index contributed by atoms with van der Waals surface area (Å²) >= 11 is 0. The normalized spacial score (nSPS) is 18.7. The molecule has 1 unspecified atom stereocenters. The zero-order valence-corrected chi connectivity index (χ0v) is 15.6. The van der Waals surface area contributed by atoms with Crippen LogP contribution in [0.1, 0.15) is 37.7 Å². The number of nitrogens with zero attached hydrogens (tertiary/aromatic N) is 2. The first kappa shape index (κ1) is 17.5. The van der Waals surface area contributed by atoms with Crippen LogP contribution >= 0.6 is 0 Å². The van der Waals surface area contributed by atoms with Crippen LogP contribution in [0.4, 0.5) is 11.4 Å². The van der Waals surface area contributed by atoms with Crippen LogP contribution in [0.15, 0.2) is 58.5 Å². The van der Waals surface area contributed by atoms with Gasteiger partial charge in [-0.3, -0.25) is 9.79 Å². The highest BCUT2D eigenvalue weighted by Gasteiger charge is 2.34. The Kier molecular flexibility index (Phi) is 4.75. The molecule has 1 atom stereocenters. The molecule has 5 heteroatoms. The van der Waals surface area contributed by atoms with Gasteiger partial charge in [0.2, 0.25) is 5.91 Å². The molecular formula is C22H23N3O2. The fraction of sp³-hybridized carbons (Fsp3) is 0.318. The van der Waals surface area contributed by atoms with Crippen LogP contribution < -0.4 is 10.1 Å². The number of ether oxygens (including phenoxy) is 1. The lowest BCUT2D eigenvalue weighted by molar-refractivity contribution is -0.120. The second-order valence-electron chi connectivity index (χ2n) is 6.91. The van der Waals surface area contributed by atoms with Crippen LogP contribution in [0.3, 0.4) is 0 Å². The molecule has 1 heterocycles. The summed E-state index contributed by atoms with van der Waals surface area (Å²) in [6.07, 6.45) is 2.68. The third kappa shape index (κ3) is 3.63. The van der Waals surface area contributed by atoms with E-state index in [1.165, 1.54) is 0 Å². The lowest BCUT2D eigenvalue weighted by Crippen LogP contribution is -2.38. The number of benzene rings is 2. The predicted molar refractivity (Wildman–Crippen MR) is 108 cm³/mol. The molecule has 1 aliphatic carbocycles. The van der Waals surface area contributed by atoms with Crippen molar-refractivity contribution < 1.29 is 9.53 Å². The molecule has 1 N–H and O–H groups in total. The first-order valence-electron chi connectivity index (χ1n) is 9.39. The number of hydrogen-bond acceptors (Lipinski definition) is 4. The van der Waals surface area contributed by atoms with Gasteiger partial charge in [-0.15, -0.1) is 0 Å². The molecule has 1 saturated carbocycles. The molecule has 1 amide bonds. The molecule has 0 spiro atoms. The van der Waals surface area contributed by atoms with Crippen molar-refractivity contribution in [1.29, 1.82) is 0 Å². The molecule has 0 saturated heterocycles. The Bertz CT molecular complexity index is 911. The summed E-state index contributed by atoms with van der Waals surface area (Å²) in [4.78, 5) is 22.2. The minimum atomic E-state index is -0.184. The summed E-state index contributed by atoms with van der Waals surface area (Å²) < 4.78 is 5.29. The first-order valence-corrected chi connectivity index (χ1v) is 9.39. The molecule has 1 aliphatic heterocycles. The average molecular weight is 361 g/mol. The standard InChI is InChI=1S/C22H23N3O2/c1-3-17-20(14-10-12-16(27-2)13-11-14)21(25-22(26)15-8-9-15)24-19-7-5-4-6-18(19)23-17/h4-7,10-13,15,20H,3,8-9H2,1-2H3,(H,24,25,26). The van der Waals surface area contributed by atoms with Crippen molar-refractivity contribution in [3.8, 4) is 5.75 Å². The molecule has 2 aromatic carbocycles. The molecule has 138 valence electrons. The van der Waals surface area contributed by atoms with Crippen molar-refractivity contribution in [1.82, 2.24) is 5.32 Å². The Labute approximate surface area is 159 Å². The maximum absolute atomic E-state index is 12.5. The zero-order chi connectivity index (χ0) is 18.8. The maximum atomic E-state index is 12.5. The number of methoxy groups -OCH3 is 1. The van der Waals surface area contributed by atoms with Gasteiger partial charge in [0.05, 0.1) is 24.4 Å². The summed E-state index contributed by atoms with van der Waals surface area (Å²) in [7, 11) is 1.65. The summed E-state index contributed by atoms with van der Waals surface area (Å²) in [5.41, 5.74) is 3.65. The largest absolute Gasteiger partial charge is 0.497 e. The monoisotopic (exact) mass is 361 g/mol. The van der Waals surface area contributed by atoms with Crippen molar-refractivity contribution >= 4 is 28.8 Å². The third-order valence-electron chi connectivity index (χ3n) is 5.00. The van der Waals surface area contributed by atoms with Gasteiger partial charge < -0.3 is 10.1 Å². The lowest BCUT2D eigenvalue weighted by atomic mass is 9.91. The van der Waals surface area contributed by atoms with E-state index in [4.69, 9.17) is 14.7 Å². The smallest absolute Gasteiger partial charge is 0.228 e. The van der Waals surface area contributed by atoms with E-state index >= 15 is 0 Å². The molecule has 0 bridgehead atoms. The van der Waals surface area contributed by atoms with Crippen molar-refractivity contribution in [3.05, 3.63) is 54.1 Å². The van der Waals surface area contributed by atoms with Crippen molar-refractivity contribution in [2.24, 2.45) is 15.9 Å². The minimum absolute atomic E-state index is 0.0575. The third-order valence-corrected chi connectivity index (χ3v) is 5.00. The second kappa shape index (κ2) is 7.35. The van der Waals surface area contributed by atoms with E-state index in [2.05, 4.69) is 12.2 Å². The van der Waals surface area contributed by atoms with Gasteiger partial charge in [0.15, 0.2) is 0 Å². The van der Waals surface area contributed by atoms with Crippen LogP contribution in [0.2, 0.25) is 0 Å². The van der Waals surface area contributed by atoms with E-state index in [1.807, 2.05) is 48.5 Å². The van der Waals surface area contributed by atoms with E-state index in [0.29, 0.717) is 5.84 Å². The molecule has 0 aromatic heterocycles. The highest BCUT2D eigenvalue weighted by Crippen LogP contribution is 2.36. The van der Waals surface area contributed by atoms with E-state index in [0.717, 1.165) is 47.7 Å². The first-order chi connectivity index (χ1) is 13.2. The predicted octanol–water partition coefficient (Wildman–Crippen LogP) is 4.53. The van der Waals surface area contributed by atoms with Crippen molar-refractivity contribution in [2.75, 3.05) is 7.11 Å². The molecule has 4 rings (SSSR count). The fourth-order valence-electron chi connectivity index (χ4n) is 3.33. The van der Waals surface area contributed by atoms with E-state index in [9.17, 15) is 4.79 Å². The number of amidine groups is 1. The van der Waals surface area contributed by atoms with Gasteiger partial charge in [0.1, 0.15) is 11.6 Å². The van der Waals surface area contributed by atoms with Crippen molar-refractivity contribution in [3.63, 3.8) is 0 Å². The quantitative estimate of drug-likeness (QED) is 0.869. The molecule has 1 fully saturated rings. The van der Waals surface area contributed by atoms with Crippen LogP contribution in [0.25, 0.3) is 0 Å². The SMILES string of the molecule is CCC1=Nc2ccccc2N=C(NC(=O)C2CC2)C1c1ccc(OC)cc1. The topological polar surface area (TPSA) is 63.0 Å². The maximum Gasteiger partial charge on any atom is 0.228 e. The summed E-state index contributed by atoms with van der Waals surface area (Å²) in [5, 5.41) is 3.10. The summed E-state index contributed by atoms with van der Waals surface area (Å²) in [6.45, 7) is 2.09. The molecule has 0 radical (unpaired) electrons. The number of para-hydroxylation sites is 2. The minimum Gasteiger partial charge on any atom is -0.497 e. The Morgan fingerprint density at radius 2 is 1.74 bits per heavy atom. The van der Waals surface area contributed by atoms with E-state index in [-0.39, 0.29) is 17.7 Å².